The van der Waals surface area contributed by atoms with E-state index in [1.54, 1.807) is 0 Å². The first-order valence-electron chi connectivity index (χ1n) is 6.80. The molecule has 0 saturated heterocycles. The Balaban J connectivity index is 1.69. The third-order valence-corrected chi connectivity index (χ3v) is 3.45. The number of non-ortho nitro benzene ring substituents is 1. The molecule has 0 spiro atoms. The van der Waals surface area contributed by atoms with E-state index in [2.05, 4.69) is 5.32 Å². The van der Waals surface area contributed by atoms with Crippen LogP contribution in [0.3, 0.4) is 0 Å². The Morgan fingerprint density at radius 3 is 2.67 bits per heavy atom. The van der Waals surface area contributed by atoms with Crippen molar-refractivity contribution in [2.75, 3.05) is 13.2 Å². The van der Waals surface area contributed by atoms with Crippen LogP contribution in [0.4, 0.5) is 5.69 Å². The topological polar surface area (TPSA) is 102 Å². The van der Waals surface area contributed by atoms with Gasteiger partial charge in [0.15, 0.2) is 0 Å². The van der Waals surface area contributed by atoms with E-state index in [-0.39, 0.29) is 30.7 Å². The molecule has 1 amide bonds. The molecule has 1 saturated carbocycles. The van der Waals surface area contributed by atoms with E-state index in [4.69, 9.17) is 4.74 Å². The first kappa shape index (κ1) is 15.2. The van der Waals surface area contributed by atoms with Gasteiger partial charge in [0.2, 0.25) is 5.91 Å². The molecular formula is C14H18N2O5. The SMILES string of the molecule is CC1CC1C(=O)NCC(O)COc1ccc([N+](=O)[O-])cc1. The molecule has 0 aliphatic heterocycles. The van der Waals surface area contributed by atoms with Crippen molar-refractivity contribution in [3.8, 4) is 5.75 Å². The third kappa shape index (κ3) is 4.42. The predicted molar refractivity (Wildman–Crippen MR) is 74.9 cm³/mol. The molecule has 3 atom stereocenters. The van der Waals surface area contributed by atoms with Crippen LogP contribution in [0.15, 0.2) is 24.3 Å². The zero-order valence-electron chi connectivity index (χ0n) is 11.7. The Labute approximate surface area is 122 Å². The number of carbonyl (C=O) groups is 1. The Morgan fingerprint density at radius 1 is 1.52 bits per heavy atom. The van der Waals surface area contributed by atoms with Crippen LogP contribution in [-0.2, 0) is 4.79 Å². The monoisotopic (exact) mass is 294 g/mol. The molecular weight excluding hydrogens is 276 g/mol. The first-order chi connectivity index (χ1) is 9.97. The molecule has 1 aliphatic rings. The average molecular weight is 294 g/mol. The maximum atomic E-state index is 11.6. The van der Waals surface area contributed by atoms with Gasteiger partial charge in [-0.25, -0.2) is 0 Å². The number of hydrogen-bond acceptors (Lipinski definition) is 5. The lowest BCUT2D eigenvalue weighted by atomic mass is 10.3. The summed E-state index contributed by atoms with van der Waals surface area (Å²) in [6.45, 7) is 2.16. The Bertz CT molecular complexity index is 517. The van der Waals surface area contributed by atoms with Crippen molar-refractivity contribution in [2.24, 2.45) is 11.8 Å². The molecule has 0 radical (unpaired) electrons. The lowest BCUT2D eigenvalue weighted by molar-refractivity contribution is -0.384. The molecule has 2 N–H and O–H groups in total. The summed E-state index contributed by atoms with van der Waals surface area (Å²) in [7, 11) is 0. The van der Waals surface area contributed by atoms with E-state index in [0.29, 0.717) is 11.7 Å². The van der Waals surface area contributed by atoms with Crippen molar-refractivity contribution >= 4 is 11.6 Å². The van der Waals surface area contributed by atoms with Gasteiger partial charge in [0.1, 0.15) is 18.5 Å². The standard InChI is InChI=1S/C14H18N2O5/c1-9-6-13(9)14(18)15-7-11(17)8-21-12-4-2-10(3-5-12)16(19)20/h2-5,9,11,13,17H,6-8H2,1H3,(H,15,18). The van der Waals surface area contributed by atoms with E-state index >= 15 is 0 Å². The molecule has 1 aliphatic carbocycles. The Kier molecular flexibility index (Phi) is 4.74. The highest BCUT2D eigenvalue weighted by atomic mass is 16.6. The lowest BCUT2D eigenvalue weighted by Crippen LogP contribution is -2.36. The summed E-state index contributed by atoms with van der Waals surface area (Å²) >= 11 is 0. The minimum atomic E-state index is -0.821. The second kappa shape index (κ2) is 6.53. The van der Waals surface area contributed by atoms with Crippen LogP contribution in [0.25, 0.3) is 0 Å². The van der Waals surface area contributed by atoms with Crippen LogP contribution in [0.1, 0.15) is 13.3 Å². The van der Waals surface area contributed by atoms with Gasteiger partial charge < -0.3 is 15.2 Å². The molecule has 7 nitrogen and oxygen atoms in total. The second-order valence-corrected chi connectivity index (χ2v) is 5.28. The normalized spacial score (nSPS) is 21.4. The van der Waals surface area contributed by atoms with Gasteiger partial charge in [-0.1, -0.05) is 6.92 Å². The number of aliphatic hydroxyl groups is 1. The molecule has 1 aromatic carbocycles. The van der Waals surface area contributed by atoms with Crippen molar-refractivity contribution in [3.63, 3.8) is 0 Å². The van der Waals surface area contributed by atoms with Gasteiger partial charge in [-0.2, -0.15) is 0 Å². The van der Waals surface area contributed by atoms with E-state index in [1.807, 2.05) is 6.92 Å². The fourth-order valence-corrected chi connectivity index (χ4v) is 1.95. The number of hydrogen-bond donors (Lipinski definition) is 2. The van der Waals surface area contributed by atoms with Crippen LogP contribution < -0.4 is 10.1 Å². The number of nitrogens with zero attached hydrogens (tertiary/aromatic N) is 1. The van der Waals surface area contributed by atoms with Gasteiger partial charge in [0.05, 0.1) is 4.92 Å². The molecule has 114 valence electrons. The molecule has 2 rings (SSSR count). The van der Waals surface area contributed by atoms with Crippen molar-refractivity contribution in [1.29, 1.82) is 0 Å². The molecule has 21 heavy (non-hydrogen) atoms. The van der Waals surface area contributed by atoms with Crippen molar-refractivity contribution in [1.82, 2.24) is 5.32 Å². The summed E-state index contributed by atoms with van der Waals surface area (Å²) in [4.78, 5) is 21.6. The number of rotatable bonds is 7. The van der Waals surface area contributed by atoms with E-state index in [0.717, 1.165) is 6.42 Å². The molecule has 1 fully saturated rings. The summed E-state index contributed by atoms with van der Waals surface area (Å²) in [5, 5.41) is 22.9. The quantitative estimate of drug-likeness (QED) is 0.579. The summed E-state index contributed by atoms with van der Waals surface area (Å²) in [6, 6.07) is 5.60. The van der Waals surface area contributed by atoms with Gasteiger partial charge in [0, 0.05) is 24.6 Å². The second-order valence-electron chi connectivity index (χ2n) is 5.28. The van der Waals surface area contributed by atoms with Crippen LogP contribution in [0, 0.1) is 22.0 Å². The smallest absolute Gasteiger partial charge is 0.269 e. The maximum Gasteiger partial charge on any atom is 0.269 e. The number of ether oxygens (including phenoxy) is 1. The summed E-state index contributed by atoms with van der Waals surface area (Å²) < 4.78 is 5.31. The lowest BCUT2D eigenvalue weighted by Gasteiger charge is -2.13. The van der Waals surface area contributed by atoms with Gasteiger partial charge >= 0.3 is 0 Å². The number of nitro groups is 1. The zero-order chi connectivity index (χ0) is 15.4. The number of nitrogens with one attached hydrogen (secondary N) is 1. The van der Waals surface area contributed by atoms with Gasteiger partial charge in [-0.15, -0.1) is 0 Å². The summed E-state index contributed by atoms with van der Waals surface area (Å²) in [5.41, 5.74) is -0.0197. The third-order valence-electron chi connectivity index (χ3n) is 3.45. The fraction of sp³-hybridized carbons (Fsp3) is 0.500. The number of benzene rings is 1. The molecule has 0 aromatic heterocycles. The van der Waals surface area contributed by atoms with Crippen LogP contribution in [0.2, 0.25) is 0 Å². The van der Waals surface area contributed by atoms with Crippen molar-refractivity contribution in [2.45, 2.75) is 19.4 Å². The molecule has 7 heteroatoms. The average Bonchev–Trinajstić information content (AvgIpc) is 3.20. The highest BCUT2D eigenvalue weighted by Gasteiger charge is 2.38. The fourth-order valence-electron chi connectivity index (χ4n) is 1.95. The highest BCUT2D eigenvalue weighted by molar-refractivity contribution is 5.81. The van der Waals surface area contributed by atoms with E-state index < -0.39 is 11.0 Å². The van der Waals surface area contributed by atoms with E-state index in [9.17, 15) is 20.0 Å². The molecule has 0 bridgehead atoms. The minimum absolute atomic E-state index is 0.0122. The number of amides is 1. The first-order valence-corrected chi connectivity index (χ1v) is 6.80. The molecule has 1 aromatic rings. The maximum absolute atomic E-state index is 11.6. The van der Waals surface area contributed by atoms with Crippen LogP contribution in [0.5, 0.6) is 5.75 Å². The minimum Gasteiger partial charge on any atom is -0.491 e. The Hall–Kier alpha value is -2.15. The Morgan fingerprint density at radius 2 is 2.14 bits per heavy atom. The van der Waals surface area contributed by atoms with Crippen molar-refractivity contribution in [3.05, 3.63) is 34.4 Å². The molecule has 0 heterocycles. The van der Waals surface area contributed by atoms with Crippen molar-refractivity contribution < 1.29 is 19.6 Å². The summed E-state index contributed by atoms with van der Waals surface area (Å²) in [6.07, 6.45) is 0.0829. The predicted octanol–water partition coefficient (Wildman–Crippen LogP) is 1.11. The van der Waals surface area contributed by atoms with Gasteiger partial charge in [-0.3, -0.25) is 14.9 Å². The van der Waals surface area contributed by atoms with Crippen LogP contribution in [-0.4, -0.2) is 35.2 Å². The summed E-state index contributed by atoms with van der Waals surface area (Å²) in [5.74, 6) is 0.907. The number of aliphatic hydroxyl groups excluding tert-OH is 1. The zero-order valence-corrected chi connectivity index (χ0v) is 11.7. The highest BCUT2D eigenvalue weighted by Crippen LogP contribution is 2.37. The molecule has 3 unspecified atom stereocenters. The number of carbonyl (C=O) groups excluding carboxylic acids is 1. The van der Waals surface area contributed by atoms with Gasteiger partial charge in [0.25, 0.3) is 5.69 Å². The largest absolute Gasteiger partial charge is 0.491 e. The number of nitro benzene ring substituents is 1. The van der Waals surface area contributed by atoms with E-state index in [1.165, 1.54) is 24.3 Å². The van der Waals surface area contributed by atoms with Crippen LogP contribution >= 0.6 is 0 Å². The van der Waals surface area contributed by atoms with Gasteiger partial charge in [-0.05, 0) is 24.5 Å².